The van der Waals surface area contributed by atoms with Gasteiger partial charge in [-0.3, -0.25) is 0 Å². The summed E-state index contributed by atoms with van der Waals surface area (Å²) in [6.45, 7) is 5.77. The second-order valence-corrected chi connectivity index (χ2v) is 7.41. The third-order valence-electron chi connectivity index (χ3n) is 2.96. The van der Waals surface area contributed by atoms with E-state index in [1.165, 1.54) is 17.8 Å². The number of benzene rings is 1. The molecule has 1 aromatic rings. The first-order valence-corrected chi connectivity index (χ1v) is 9.45. The highest BCUT2D eigenvalue weighted by Gasteiger charge is 2.13. The number of aliphatic imine (C=N–C) groups is 2. The van der Waals surface area contributed by atoms with Crippen molar-refractivity contribution in [2.24, 2.45) is 9.98 Å². The molecule has 0 saturated carbocycles. The smallest absolute Gasteiger partial charge is 0.224 e. The van der Waals surface area contributed by atoms with Gasteiger partial charge >= 0.3 is 0 Å². The van der Waals surface area contributed by atoms with E-state index in [1.807, 2.05) is 19.9 Å². The van der Waals surface area contributed by atoms with Gasteiger partial charge in [0, 0.05) is 5.25 Å². The SMILES string of the molecule is CC/C=C(/NC(=NCCO)/N=C(\C)Cl)SC(C)c1ccc(Cl)c(F)c1. The van der Waals surface area contributed by atoms with Gasteiger partial charge < -0.3 is 10.4 Å². The molecule has 1 unspecified atom stereocenters. The lowest BCUT2D eigenvalue weighted by atomic mass is 10.2. The van der Waals surface area contributed by atoms with Gasteiger partial charge in [0.05, 0.1) is 23.2 Å². The molecule has 0 aliphatic heterocycles. The molecule has 2 N–H and O–H groups in total. The van der Waals surface area contributed by atoms with Crippen LogP contribution in [0.3, 0.4) is 0 Å². The molecule has 0 spiro atoms. The molecule has 0 aliphatic rings. The number of guanidine groups is 1. The first-order chi connectivity index (χ1) is 11.9. The van der Waals surface area contributed by atoms with Crippen LogP contribution < -0.4 is 5.32 Å². The first kappa shape index (κ1) is 22.0. The summed E-state index contributed by atoms with van der Waals surface area (Å²) in [5.41, 5.74) is 0.821. The van der Waals surface area contributed by atoms with Gasteiger partial charge in [0.15, 0.2) is 0 Å². The molecule has 4 nitrogen and oxygen atoms in total. The van der Waals surface area contributed by atoms with E-state index in [-0.39, 0.29) is 23.4 Å². The van der Waals surface area contributed by atoms with Crippen molar-refractivity contribution < 1.29 is 9.50 Å². The largest absolute Gasteiger partial charge is 0.394 e. The third kappa shape index (κ3) is 8.23. The molecule has 0 amide bonds. The fourth-order valence-corrected chi connectivity index (χ4v) is 3.13. The number of nitrogens with zero attached hydrogens (tertiary/aromatic N) is 2. The molecule has 0 radical (unpaired) electrons. The molecule has 0 bridgehead atoms. The minimum Gasteiger partial charge on any atom is -0.394 e. The Labute approximate surface area is 162 Å². The Bertz CT molecular complexity index is 661. The van der Waals surface area contributed by atoms with Crippen LogP contribution in [0.2, 0.25) is 5.02 Å². The normalized spacial score (nSPS) is 14.6. The average molecular weight is 406 g/mol. The zero-order valence-corrected chi connectivity index (χ0v) is 16.7. The Balaban J connectivity index is 2.93. The van der Waals surface area contributed by atoms with Gasteiger partial charge in [0.25, 0.3) is 0 Å². The molecule has 1 rings (SSSR count). The Morgan fingerprint density at radius 2 is 2.20 bits per heavy atom. The highest BCUT2D eigenvalue weighted by atomic mass is 35.5. The van der Waals surface area contributed by atoms with Crippen molar-refractivity contribution in [3.05, 3.63) is 45.7 Å². The van der Waals surface area contributed by atoms with E-state index in [4.69, 9.17) is 28.3 Å². The van der Waals surface area contributed by atoms with Crippen LogP contribution in [0.1, 0.15) is 38.0 Å². The van der Waals surface area contributed by atoms with E-state index in [9.17, 15) is 4.39 Å². The molecular formula is C17H22Cl2FN3OS. The molecule has 1 atom stereocenters. The van der Waals surface area contributed by atoms with E-state index >= 15 is 0 Å². The van der Waals surface area contributed by atoms with Gasteiger partial charge in [-0.05, 0) is 38.0 Å². The number of thioether (sulfide) groups is 1. The van der Waals surface area contributed by atoms with Crippen LogP contribution in [-0.4, -0.2) is 29.4 Å². The molecule has 0 aromatic heterocycles. The molecule has 0 saturated heterocycles. The number of hydrogen-bond acceptors (Lipinski definition) is 3. The number of rotatable bonds is 7. The lowest BCUT2D eigenvalue weighted by molar-refractivity contribution is 0.306. The topological polar surface area (TPSA) is 57.0 Å². The number of nitrogens with one attached hydrogen (secondary N) is 1. The first-order valence-electron chi connectivity index (χ1n) is 7.82. The van der Waals surface area contributed by atoms with Crippen molar-refractivity contribution in [3.8, 4) is 0 Å². The summed E-state index contributed by atoms with van der Waals surface area (Å²) < 4.78 is 13.7. The molecule has 1 aromatic carbocycles. The quantitative estimate of drug-likeness (QED) is 0.488. The van der Waals surface area contributed by atoms with Crippen LogP contribution in [0.25, 0.3) is 0 Å². The monoisotopic (exact) mass is 405 g/mol. The number of halogens is 3. The molecule has 25 heavy (non-hydrogen) atoms. The van der Waals surface area contributed by atoms with E-state index in [0.29, 0.717) is 11.1 Å². The zero-order chi connectivity index (χ0) is 18.8. The van der Waals surface area contributed by atoms with E-state index in [2.05, 4.69) is 15.3 Å². The van der Waals surface area contributed by atoms with Crippen LogP contribution in [0.4, 0.5) is 4.39 Å². The van der Waals surface area contributed by atoms with E-state index in [0.717, 1.165) is 17.0 Å². The molecule has 8 heteroatoms. The minimum atomic E-state index is -0.437. The minimum absolute atomic E-state index is 0.0164. The maximum absolute atomic E-state index is 13.7. The highest BCUT2D eigenvalue weighted by Crippen LogP contribution is 2.34. The number of aliphatic hydroxyl groups is 1. The third-order valence-corrected chi connectivity index (χ3v) is 4.50. The second kappa shape index (κ2) is 11.5. The molecule has 138 valence electrons. The van der Waals surface area contributed by atoms with Crippen LogP contribution in [-0.2, 0) is 0 Å². The maximum Gasteiger partial charge on any atom is 0.224 e. The Morgan fingerprint density at radius 1 is 1.48 bits per heavy atom. The van der Waals surface area contributed by atoms with Gasteiger partial charge in [-0.15, -0.1) is 11.8 Å². The lowest BCUT2D eigenvalue weighted by Gasteiger charge is -2.16. The Morgan fingerprint density at radius 3 is 2.76 bits per heavy atom. The lowest BCUT2D eigenvalue weighted by Crippen LogP contribution is -2.21. The van der Waals surface area contributed by atoms with Gasteiger partial charge in [-0.25, -0.2) is 14.4 Å². The van der Waals surface area contributed by atoms with Gasteiger partial charge in [0.1, 0.15) is 11.0 Å². The maximum atomic E-state index is 13.7. The number of aliphatic hydroxyl groups excluding tert-OH is 1. The van der Waals surface area contributed by atoms with Crippen molar-refractivity contribution in [1.82, 2.24) is 5.32 Å². The predicted molar refractivity (Wildman–Crippen MR) is 107 cm³/mol. The predicted octanol–water partition coefficient (Wildman–Crippen LogP) is 5.12. The van der Waals surface area contributed by atoms with Crippen molar-refractivity contribution in [2.45, 2.75) is 32.4 Å². The van der Waals surface area contributed by atoms with Gasteiger partial charge in [-0.2, -0.15) is 0 Å². The fourth-order valence-electron chi connectivity index (χ4n) is 1.85. The molecule has 0 fully saturated rings. The number of allylic oxidation sites excluding steroid dienone is 1. The van der Waals surface area contributed by atoms with E-state index < -0.39 is 5.82 Å². The van der Waals surface area contributed by atoms with Gasteiger partial charge in [-0.1, -0.05) is 42.3 Å². The standard InChI is InChI=1S/C17H22Cl2FN3OS/c1-4-5-16(23-17(21-8-9-24)22-12(3)18)25-11(2)13-6-7-14(19)15(20)10-13/h5-7,10-11,24H,4,8-9H2,1-3H3,(H,21,23)/b16-5-,22-12+. The van der Waals surface area contributed by atoms with Crippen LogP contribution in [0.15, 0.2) is 39.3 Å². The summed E-state index contributed by atoms with van der Waals surface area (Å²) in [7, 11) is 0. The second-order valence-electron chi connectivity index (χ2n) is 5.07. The Kier molecular flexibility index (Phi) is 10.1. The van der Waals surface area contributed by atoms with Crippen molar-refractivity contribution in [2.75, 3.05) is 13.2 Å². The average Bonchev–Trinajstić information content (AvgIpc) is 2.54. The summed E-state index contributed by atoms with van der Waals surface area (Å²) in [5, 5.41) is 13.3. The number of hydrogen-bond donors (Lipinski definition) is 2. The van der Waals surface area contributed by atoms with Crippen molar-refractivity contribution in [1.29, 1.82) is 0 Å². The summed E-state index contributed by atoms with van der Waals surface area (Å²) in [6.07, 6.45) is 2.79. The van der Waals surface area contributed by atoms with Crippen LogP contribution >= 0.6 is 35.0 Å². The summed E-state index contributed by atoms with van der Waals surface area (Å²) in [4.78, 5) is 8.28. The summed E-state index contributed by atoms with van der Waals surface area (Å²) in [5.74, 6) is -0.114. The van der Waals surface area contributed by atoms with Crippen molar-refractivity contribution >= 4 is 46.1 Å². The van der Waals surface area contributed by atoms with Crippen LogP contribution in [0.5, 0.6) is 0 Å². The van der Waals surface area contributed by atoms with Crippen LogP contribution in [0, 0.1) is 5.82 Å². The molecular weight excluding hydrogens is 384 g/mol. The zero-order valence-electron chi connectivity index (χ0n) is 14.4. The molecule has 0 heterocycles. The highest BCUT2D eigenvalue weighted by molar-refractivity contribution is 8.03. The summed E-state index contributed by atoms with van der Waals surface area (Å²) >= 11 is 13.1. The molecule has 0 aliphatic carbocycles. The fraction of sp³-hybridized carbons (Fsp3) is 0.412. The van der Waals surface area contributed by atoms with Gasteiger partial charge in [0.2, 0.25) is 5.96 Å². The summed E-state index contributed by atoms with van der Waals surface area (Å²) in [6, 6.07) is 4.79. The van der Waals surface area contributed by atoms with Crippen molar-refractivity contribution in [3.63, 3.8) is 0 Å². The Hall–Kier alpha value is -1.08. The van der Waals surface area contributed by atoms with E-state index in [1.54, 1.807) is 19.1 Å².